The predicted molar refractivity (Wildman–Crippen MR) is 181 cm³/mol. The molecular formula is C35H48ClN3O10. The summed E-state index contributed by atoms with van der Waals surface area (Å²) in [6.07, 6.45) is 1.22. The lowest BCUT2D eigenvalue weighted by molar-refractivity contribution is -0.162. The number of esters is 1. The van der Waals surface area contributed by atoms with E-state index in [4.69, 9.17) is 35.3 Å². The summed E-state index contributed by atoms with van der Waals surface area (Å²) in [4.78, 5) is 55.3. The van der Waals surface area contributed by atoms with Crippen molar-refractivity contribution in [2.45, 2.75) is 102 Å². The van der Waals surface area contributed by atoms with Gasteiger partial charge < -0.3 is 38.6 Å². The molecule has 0 saturated carbocycles. The number of likely N-dealkylation sites (N-methyl/N-ethyl adjacent to an activating group) is 1. The maximum atomic E-state index is 14.0. The van der Waals surface area contributed by atoms with Crippen molar-refractivity contribution in [1.82, 2.24) is 10.2 Å². The van der Waals surface area contributed by atoms with Crippen molar-refractivity contribution in [2.75, 3.05) is 33.2 Å². The lowest BCUT2D eigenvalue weighted by Gasteiger charge is -2.42. The van der Waals surface area contributed by atoms with E-state index in [-0.39, 0.29) is 30.2 Å². The second kappa shape index (κ2) is 15.1. The maximum absolute atomic E-state index is 14.0. The third kappa shape index (κ3) is 8.06. The third-order valence-corrected chi connectivity index (χ3v) is 10.2. The van der Waals surface area contributed by atoms with Gasteiger partial charge in [0.05, 0.1) is 25.3 Å². The van der Waals surface area contributed by atoms with Gasteiger partial charge in [-0.25, -0.2) is 9.59 Å². The predicted octanol–water partition coefficient (Wildman–Crippen LogP) is 3.92. The van der Waals surface area contributed by atoms with Crippen molar-refractivity contribution in [3.8, 4) is 5.75 Å². The molecular weight excluding hydrogens is 658 g/mol. The van der Waals surface area contributed by atoms with Gasteiger partial charge in [-0.1, -0.05) is 49.2 Å². The monoisotopic (exact) mass is 705 g/mol. The third-order valence-electron chi connectivity index (χ3n) is 9.83. The number of hydrogen-bond acceptors (Lipinski definition) is 10. The van der Waals surface area contributed by atoms with Gasteiger partial charge in [-0.15, -0.1) is 0 Å². The van der Waals surface area contributed by atoms with E-state index in [1.807, 2.05) is 13.0 Å². The SMILES string of the molecule is CCC(=O)N(C)C(C)C(=O)O[C@H]1CC(=O)N(C)c2cc(cc(OC)c2Cl)C/C(C)=C/C=C/[C@@H](OC)[C@@]2(O)C[C@H](OC(=O)N2)[C@@H](C)[C@@H]2O[C@@]12C. The van der Waals surface area contributed by atoms with E-state index < -0.39 is 65.7 Å². The molecule has 0 aromatic heterocycles. The van der Waals surface area contributed by atoms with Crippen LogP contribution in [0.2, 0.25) is 5.02 Å². The highest BCUT2D eigenvalue weighted by molar-refractivity contribution is 6.35. The number of ether oxygens (including phenoxy) is 5. The van der Waals surface area contributed by atoms with E-state index in [2.05, 4.69) is 5.32 Å². The van der Waals surface area contributed by atoms with Crippen LogP contribution in [0.15, 0.2) is 35.9 Å². The van der Waals surface area contributed by atoms with E-state index in [1.54, 1.807) is 59.0 Å². The molecule has 1 aromatic carbocycles. The molecule has 0 radical (unpaired) electrons. The highest BCUT2D eigenvalue weighted by Crippen LogP contribution is 2.49. The van der Waals surface area contributed by atoms with Crippen molar-refractivity contribution in [2.24, 2.45) is 5.92 Å². The van der Waals surface area contributed by atoms with Crippen LogP contribution >= 0.6 is 11.6 Å². The molecule has 1 aromatic rings. The first-order valence-corrected chi connectivity index (χ1v) is 16.7. The quantitative estimate of drug-likeness (QED) is 0.329. The number of fused-ring (bicyclic) bond motifs is 5. The number of halogens is 1. The summed E-state index contributed by atoms with van der Waals surface area (Å²) in [6.45, 7) is 8.68. The molecule has 0 spiro atoms. The largest absolute Gasteiger partial charge is 0.495 e. The molecule has 1 unspecified atom stereocenters. The summed E-state index contributed by atoms with van der Waals surface area (Å²) >= 11 is 6.72. The zero-order chi connectivity index (χ0) is 36.4. The van der Waals surface area contributed by atoms with Gasteiger partial charge in [-0.2, -0.15) is 0 Å². The maximum Gasteiger partial charge on any atom is 0.409 e. The number of amides is 3. The molecule has 3 aliphatic rings. The molecule has 4 bridgehead atoms. The van der Waals surface area contributed by atoms with Gasteiger partial charge in [0.15, 0.2) is 5.72 Å². The van der Waals surface area contributed by atoms with E-state index in [9.17, 15) is 24.3 Å². The Hall–Kier alpha value is -3.65. The number of epoxide rings is 1. The smallest absolute Gasteiger partial charge is 0.409 e. The molecule has 270 valence electrons. The molecule has 3 heterocycles. The van der Waals surface area contributed by atoms with Crippen LogP contribution in [0.4, 0.5) is 10.5 Å². The highest BCUT2D eigenvalue weighted by Gasteiger charge is 2.64. The number of rotatable bonds is 6. The number of anilines is 1. The van der Waals surface area contributed by atoms with Gasteiger partial charge in [0.25, 0.3) is 0 Å². The Morgan fingerprint density at radius 2 is 1.96 bits per heavy atom. The molecule has 8 atom stereocenters. The Bertz CT molecular complexity index is 1520. The van der Waals surface area contributed by atoms with E-state index >= 15 is 0 Å². The van der Waals surface area contributed by atoms with Crippen LogP contribution < -0.4 is 15.0 Å². The topological polar surface area (TPSA) is 156 Å². The molecule has 49 heavy (non-hydrogen) atoms. The van der Waals surface area contributed by atoms with Crippen molar-refractivity contribution in [3.05, 3.63) is 46.5 Å². The van der Waals surface area contributed by atoms with Crippen LogP contribution in [-0.4, -0.2) is 104 Å². The number of nitrogens with zero attached hydrogens (tertiary/aromatic N) is 2. The average molecular weight is 706 g/mol. The van der Waals surface area contributed by atoms with Crippen LogP contribution in [0.25, 0.3) is 0 Å². The minimum absolute atomic E-state index is 0.0431. The van der Waals surface area contributed by atoms with Crippen molar-refractivity contribution in [3.63, 3.8) is 0 Å². The second-order valence-electron chi connectivity index (χ2n) is 13.3. The van der Waals surface area contributed by atoms with E-state index in [0.29, 0.717) is 17.9 Å². The zero-order valence-electron chi connectivity index (χ0n) is 29.6. The van der Waals surface area contributed by atoms with Crippen LogP contribution in [0.5, 0.6) is 5.75 Å². The summed E-state index contributed by atoms with van der Waals surface area (Å²) in [5.41, 5.74) is -0.870. The first kappa shape index (κ1) is 38.2. The van der Waals surface area contributed by atoms with Crippen molar-refractivity contribution < 1.29 is 48.0 Å². The lowest BCUT2D eigenvalue weighted by Crippen LogP contribution is -2.63. The average Bonchev–Trinajstić information content (AvgIpc) is 3.76. The van der Waals surface area contributed by atoms with Gasteiger partial charge in [0, 0.05) is 40.0 Å². The molecule has 14 heteroatoms. The number of benzene rings is 1. The Morgan fingerprint density at radius 3 is 2.59 bits per heavy atom. The van der Waals surface area contributed by atoms with Crippen LogP contribution in [-0.2, 0) is 39.8 Å². The van der Waals surface area contributed by atoms with Gasteiger partial charge >= 0.3 is 12.1 Å². The van der Waals surface area contributed by atoms with E-state index in [1.165, 1.54) is 31.1 Å². The van der Waals surface area contributed by atoms with Gasteiger partial charge in [-0.05, 0) is 44.9 Å². The number of carbonyl (C=O) groups is 4. The molecule has 13 nitrogen and oxygen atoms in total. The number of nitrogens with one attached hydrogen (secondary N) is 1. The number of allylic oxidation sites excluding steroid dienone is 3. The fraction of sp³-hybridized carbons (Fsp3) is 0.600. The summed E-state index contributed by atoms with van der Waals surface area (Å²) in [7, 11) is 6.01. The molecule has 2 saturated heterocycles. The fourth-order valence-corrected chi connectivity index (χ4v) is 6.78. The first-order valence-electron chi connectivity index (χ1n) is 16.3. The number of aliphatic hydroxyl groups is 1. The fourth-order valence-electron chi connectivity index (χ4n) is 6.47. The van der Waals surface area contributed by atoms with Crippen LogP contribution in [0.1, 0.15) is 59.4 Å². The van der Waals surface area contributed by atoms with Gasteiger partial charge in [0.1, 0.15) is 40.7 Å². The Kier molecular flexibility index (Phi) is 11.7. The lowest BCUT2D eigenvalue weighted by atomic mass is 9.83. The van der Waals surface area contributed by atoms with Crippen LogP contribution in [0, 0.1) is 5.92 Å². The molecule has 3 aliphatic heterocycles. The number of carbonyl (C=O) groups excluding carboxylic acids is 4. The Balaban J connectivity index is 1.79. The molecule has 2 fully saturated rings. The van der Waals surface area contributed by atoms with Gasteiger partial charge in [-0.3, -0.25) is 14.9 Å². The number of hydrogen-bond donors (Lipinski definition) is 2. The summed E-state index contributed by atoms with van der Waals surface area (Å²) < 4.78 is 29.0. The van der Waals surface area contributed by atoms with Crippen molar-refractivity contribution >= 4 is 41.2 Å². The van der Waals surface area contributed by atoms with Crippen molar-refractivity contribution in [1.29, 1.82) is 0 Å². The standard InChI is InChI=1S/C35H48ClN3O10/c1-10-28(40)38(6)21(4)32(42)48-27-17-29(41)39(7)23-15-22(16-24(45-8)30(23)36)14-19(2)12-11-13-26(46-9)35(44)18-25(47-33(43)37-35)20(3)31-34(27,5)49-31/h11-13,15-16,20-21,25-27,31,44H,10,14,17-18H2,1-9H3,(H,37,43)/b13-11+,19-12+/t20-,21?,25+,26-,27+,31+,34+,35+/m1/s1. The van der Waals surface area contributed by atoms with E-state index in [0.717, 1.165) is 11.1 Å². The Morgan fingerprint density at radius 1 is 1.27 bits per heavy atom. The minimum atomic E-state index is -1.82. The van der Waals surface area contributed by atoms with Crippen LogP contribution in [0.3, 0.4) is 0 Å². The minimum Gasteiger partial charge on any atom is -0.495 e. The molecule has 4 rings (SSSR count). The molecule has 3 amide bonds. The highest BCUT2D eigenvalue weighted by atomic mass is 35.5. The van der Waals surface area contributed by atoms with Gasteiger partial charge in [0.2, 0.25) is 11.8 Å². The first-order chi connectivity index (χ1) is 23.0. The zero-order valence-corrected chi connectivity index (χ0v) is 30.3. The number of alkyl carbamates (subject to hydrolysis) is 1. The number of methoxy groups -OCH3 is 2. The summed E-state index contributed by atoms with van der Waals surface area (Å²) in [5.74, 6) is -1.53. The second-order valence-corrected chi connectivity index (χ2v) is 13.6. The summed E-state index contributed by atoms with van der Waals surface area (Å²) in [5, 5.41) is 14.4. The molecule has 0 aliphatic carbocycles. The molecule has 2 N–H and O–H groups in total. The Labute approximate surface area is 292 Å². The summed E-state index contributed by atoms with van der Waals surface area (Å²) in [6, 6.07) is 2.64. The normalized spacial score (nSPS) is 32.8.